The number of carbonyl (C=O) groups excluding carboxylic acids is 1. The van der Waals surface area contributed by atoms with Crippen molar-refractivity contribution in [1.82, 2.24) is 9.62 Å². The van der Waals surface area contributed by atoms with Crippen molar-refractivity contribution >= 4 is 21.5 Å². The Bertz CT molecular complexity index is 964. The van der Waals surface area contributed by atoms with Crippen molar-refractivity contribution in [2.24, 2.45) is 0 Å². The van der Waals surface area contributed by atoms with Crippen LogP contribution in [0.3, 0.4) is 0 Å². The van der Waals surface area contributed by atoms with Gasteiger partial charge in [-0.1, -0.05) is 48.5 Å². The summed E-state index contributed by atoms with van der Waals surface area (Å²) in [5.41, 5.74) is 1.72. The van der Waals surface area contributed by atoms with Crippen LogP contribution in [0.5, 0.6) is 0 Å². The Kier molecular flexibility index (Phi) is 4.87. The predicted molar refractivity (Wildman–Crippen MR) is 102 cm³/mol. The van der Waals surface area contributed by atoms with Crippen molar-refractivity contribution in [1.29, 1.82) is 0 Å². The number of nitrogens with zero attached hydrogens (tertiary/aromatic N) is 1. The van der Waals surface area contributed by atoms with E-state index in [1.165, 1.54) is 4.31 Å². The smallest absolute Gasteiger partial charge is 0.265 e. The van der Waals surface area contributed by atoms with E-state index in [1.54, 1.807) is 55.5 Å². The quantitative estimate of drug-likeness (QED) is 0.821. The van der Waals surface area contributed by atoms with E-state index in [9.17, 15) is 13.2 Å². The fraction of sp³-hybridized carbons (Fsp3) is 0.250. The highest BCUT2D eigenvalue weighted by molar-refractivity contribution is 7.89. The zero-order valence-corrected chi connectivity index (χ0v) is 15.9. The molecule has 0 spiro atoms. The van der Waals surface area contributed by atoms with Crippen molar-refractivity contribution < 1.29 is 13.2 Å². The molecule has 0 bridgehead atoms. The lowest BCUT2D eigenvalue weighted by atomic mass is 10.0. The van der Waals surface area contributed by atoms with Gasteiger partial charge in [0.1, 0.15) is 5.70 Å². The first-order chi connectivity index (χ1) is 12.4. The Balaban J connectivity index is 2.33. The Labute approximate surface area is 154 Å². The monoisotopic (exact) mass is 370 g/mol. The summed E-state index contributed by atoms with van der Waals surface area (Å²) >= 11 is 0. The molecule has 0 radical (unpaired) electrons. The van der Waals surface area contributed by atoms with Crippen LogP contribution >= 0.6 is 0 Å². The summed E-state index contributed by atoms with van der Waals surface area (Å²) in [6, 6.07) is 15.6. The highest BCUT2D eigenvalue weighted by atomic mass is 32.2. The van der Waals surface area contributed by atoms with Gasteiger partial charge in [0.05, 0.1) is 10.6 Å². The molecule has 0 amide bonds. The highest BCUT2D eigenvalue weighted by Crippen LogP contribution is 2.36. The SMILES string of the molecule is CCN1C(C(=O)c2ccccc2)=C(NC(C)C)c2ccccc2S1(=O)=O. The molecule has 0 atom stereocenters. The Morgan fingerprint density at radius 2 is 1.65 bits per heavy atom. The number of carbonyl (C=O) groups is 1. The van der Waals surface area contributed by atoms with Crippen LogP contribution in [0, 0.1) is 0 Å². The molecule has 2 aromatic rings. The van der Waals surface area contributed by atoms with Crippen LogP contribution < -0.4 is 5.32 Å². The Morgan fingerprint density at radius 3 is 2.27 bits per heavy atom. The molecule has 26 heavy (non-hydrogen) atoms. The Morgan fingerprint density at radius 1 is 1.04 bits per heavy atom. The van der Waals surface area contributed by atoms with Gasteiger partial charge in [-0.25, -0.2) is 8.42 Å². The highest BCUT2D eigenvalue weighted by Gasteiger charge is 2.39. The molecule has 0 aromatic heterocycles. The number of Topliss-reactive ketones (excluding diaryl/α,β-unsaturated/α-hetero) is 1. The number of fused-ring (bicyclic) bond motifs is 1. The van der Waals surface area contributed by atoms with Crippen molar-refractivity contribution in [2.45, 2.75) is 31.7 Å². The predicted octanol–water partition coefficient (Wildman–Crippen LogP) is 3.26. The molecule has 3 rings (SSSR count). The maximum absolute atomic E-state index is 13.3. The summed E-state index contributed by atoms with van der Waals surface area (Å²) in [5, 5.41) is 3.29. The van der Waals surface area contributed by atoms with Crippen LogP contribution in [0.25, 0.3) is 5.70 Å². The van der Waals surface area contributed by atoms with Crippen LogP contribution in [-0.2, 0) is 10.0 Å². The van der Waals surface area contributed by atoms with Gasteiger partial charge in [0.2, 0.25) is 5.78 Å². The molecule has 1 N–H and O–H groups in total. The molecule has 1 aliphatic heterocycles. The number of hydrogen-bond acceptors (Lipinski definition) is 4. The topological polar surface area (TPSA) is 66.5 Å². The molecular formula is C20H22N2O3S. The number of likely N-dealkylation sites (N-methyl/N-ethyl adjacent to an activating group) is 1. The molecule has 136 valence electrons. The minimum absolute atomic E-state index is 0.0381. The minimum atomic E-state index is -3.79. The largest absolute Gasteiger partial charge is 0.381 e. The van der Waals surface area contributed by atoms with Crippen LogP contribution in [0.4, 0.5) is 0 Å². The summed E-state index contributed by atoms with van der Waals surface area (Å²) < 4.78 is 27.5. The molecule has 1 aliphatic rings. The minimum Gasteiger partial charge on any atom is -0.381 e. The standard InChI is InChI=1S/C20H22N2O3S/c1-4-22-19(20(23)15-10-6-5-7-11-15)18(21-14(2)3)16-12-8-9-13-17(16)26(22,24)25/h5-14,21H,4H2,1-3H3. The summed E-state index contributed by atoms with van der Waals surface area (Å²) in [4.78, 5) is 13.5. The van der Waals surface area contributed by atoms with E-state index in [-0.39, 0.29) is 29.0 Å². The van der Waals surface area contributed by atoms with Crippen LogP contribution in [0.1, 0.15) is 36.7 Å². The lowest BCUT2D eigenvalue weighted by Crippen LogP contribution is -2.41. The van der Waals surface area contributed by atoms with Crippen LogP contribution in [0.2, 0.25) is 0 Å². The number of benzene rings is 2. The lowest BCUT2D eigenvalue weighted by molar-refractivity contribution is 0.101. The van der Waals surface area contributed by atoms with Crippen molar-refractivity contribution in [3.05, 3.63) is 71.4 Å². The van der Waals surface area contributed by atoms with Gasteiger partial charge < -0.3 is 5.32 Å². The fourth-order valence-corrected chi connectivity index (χ4v) is 4.80. The second-order valence-corrected chi connectivity index (χ2v) is 8.21. The molecule has 2 aromatic carbocycles. The van der Waals surface area contributed by atoms with E-state index in [0.717, 1.165) is 0 Å². The average molecular weight is 370 g/mol. The van der Waals surface area contributed by atoms with E-state index in [0.29, 0.717) is 16.8 Å². The number of hydrogen-bond donors (Lipinski definition) is 1. The van der Waals surface area contributed by atoms with Crippen molar-refractivity contribution in [2.75, 3.05) is 6.54 Å². The molecule has 0 fully saturated rings. The van der Waals surface area contributed by atoms with Gasteiger partial charge in [0, 0.05) is 23.7 Å². The van der Waals surface area contributed by atoms with Gasteiger partial charge >= 0.3 is 0 Å². The van der Waals surface area contributed by atoms with Gasteiger partial charge in [-0.3, -0.25) is 9.10 Å². The molecule has 6 heteroatoms. The first-order valence-corrected chi connectivity index (χ1v) is 10.0. The number of nitrogens with one attached hydrogen (secondary N) is 1. The molecule has 0 saturated carbocycles. The third-order valence-corrected chi connectivity index (χ3v) is 6.11. The molecule has 1 heterocycles. The Hall–Kier alpha value is -2.60. The summed E-state index contributed by atoms with van der Waals surface area (Å²) in [6.45, 7) is 5.82. The van der Waals surface area contributed by atoms with Gasteiger partial charge in [0.15, 0.2) is 0 Å². The molecule has 0 aliphatic carbocycles. The van der Waals surface area contributed by atoms with Gasteiger partial charge in [0.25, 0.3) is 10.0 Å². The average Bonchev–Trinajstić information content (AvgIpc) is 2.63. The maximum atomic E-state index is 13.3. The van der Waals surface area contributed by atoms with E-state index in [1.807, 2.05) is 19.9 Å². The van der Waals surface area contributed by atoms with Crippen LogP contribution in [0.15, 0.2) is 65.2 Å². The third-order valence-electron chi connectivity index (χ3n) is 4.18. The number of rotatable bonds is 5. The van der Waals surface area contributed by atoms with Crippen molar-refractivity contribution in [3.63, 3.8) is 0 Å². The van der Waals surface area contributed by atoms with Gasteiger partial charge in [-0.2, -0.15) is 0 Å². The molecular weight excluding hydrogens is 348 g/mol. The first kappa shape index (κ1) is 18.2. The number of ketones is 1. The number of allylic oxidation sites excluding steroid dienone is 1. The normalized spacial score (nSPS) is 15.8. The second-order valence-electron chi connectivity index (χ2n) is 6.38. The number of sulfonamides is 1. The first-order valence-electron chi connectivity index (χ1n) is 8.60. The summed E-state index contributed by atoms with van der Waals surface area (Å²) in [5.74, 6) is -0.311. The van der Waals surface area contributed by atoms with E-state index < -0.39 is 10.0 Å². The van der Waals surface area contributed by atoms with Crippen molar-refractivity contribution in [3.8, 4) is 0 Å². The van der Waals surface area contributed by atoms with E-state index in [2.05, 4.69) is 5.32 Å². The lowest BCUT2D eigenvalue weighted by Gasteiger charge is -2.34. The van der Waals surface area contributed by atoms with Gasteiger partial charge in [-0.15, -0.1) is 0 Å². The zero-order chi connectivity index (χ0) is 18.9. The van der Waals surface area contributed by atoms with E-state index >= 15 is 0 Å². The van der Waals surface area contributed by atoms with E-state index in [4.69, 9.17) is 0 Å². The molecule has 0 saturated heterocycles. The zero-order valence-electron chi connectivity index (χ0n) is 15.1. The van der Waals surface area contributed by atoms with Gasteiger partial charge in [-0.05, 0) is 26.8 Å². The third kappa shape index (κ3) is 3.01. The fourth-order valence-electron chi connectivity index (χ4n) is 3.11. The van der Waals surface area contributed by atoms with Crippen LogP contribution in [-0.4, -0.2) is 31.1 Å². The molecule has 5 nitrogen and oxygen atoms in total. The molecule has 0 unspecified atom stereocenters. The summed E-state index contributed by atoms with van der Waals surface area (Å²) in [6.07, 6.45) is 0. The summed E-state index contributed by atoms with van der Waals surface area (Å²) in [7, 11) is -3.79. The maximum Gasteiger partial charge on any atom is 0.265 e. The second kappa shape index (κ2) is 6.96.